The van der Waals surface area contributed by atoms with Crippen LogP contribution in [0.15, 0.2) is 158 Å². The minimum atomic E-state index is 0.604. The predicted octanol–water partition coefficient (Wildman–Crippen LogP) is 13.3. The molecule has 0 saturated carbocycles. The number of fused-ring (bicyclic) bond motifs is 15. The van der Waals surface area contributed by atoms with Crippen LogP contribution in [0, 0.1) is 0 Å². The summed E-state index contributed by atoms with van der Waals surface area (Å²) < 4.78 is 7.37. The highest BCUT2D eigenvalue weighted by Gasteiger charge is 2.25. The number of nitrogens with zero attached hydrogens (tertiary/aromatic N) is 4. The average molecular weight is 711 g/mol. The predicted molar refractivity (Wildman–Crippen MR) is 226 cm³/mol. The van der Waals surface area contributed by atoms with E-state index in [9.17, 15) is 0 Å². The van der Waals surface area contributed by atoms with E-state index in [-0.39, 0.29) is 0 Å². The maximum atomic E-state index is 5.39. The van der Waals surface area contributed by atoms with Gasteiger partial charge in [-0.2, -0.15) is 9.97 Å². The topological polar surface area (TPSA) is 43.6 Å². The van der Waals surface area contributed by atoms with Gasteiger partial charge in [-0.25, -0.2) is 4.98 Å². The Bertz CT molecular complexity index is 3460. The zero-order chi connectivity index (χ0) is 34.6. The number of benzene rings is 8. The van der Waals surface area contributed by atoms with E-state index in [1.807, 2.05) is 40.9 Å². The van der Waals surface area contributed by atoms with E-state index < -0.39 is 0 Å². The van der Waals surface area contributed by atoms with Crippen molar-refractivity contribution in [2.24, 2.45) is 0 Å². The molecule has 6 heteroatoms. The fraction of sp³-hybridized carbons (Fsp3) is 0. The minimum Gasteiger partial charge on any atom is -0.277 e. The van der Waals surface area contributed by atoms with Gasteiger partial charge in [-0.15, -0.1) is 22.7 Å². The summed E-state index contributed by atoms with van der Waals surface area (Å²) in [5, 5.41) is 12.4. The van der Waals surface area contributed by atoms with Crippen LogP contribution in [-0.2, 0) is 0 Å². The summed E-state index contributed by atoms with van der Waals surface area (Å²) in [4.78, 5) is 15.9. The van der Waals surface area contributed by atoms with Gasteiger partial charge >= 0.3 is 0 Å². The van der Waals surface area contributed by atoms with Gasteiger partial charge in [0.2, 0.25) is 5.95 Å². The Hall–Kier alpha value is -6.47. The smallest absolute Gasteiger partial charge is 0.238 e. The Morgan fingerprint density at radius 2 is 1.06 bits per heavy atom. The zero-order valence-electron chi connectivity index (χ0n) is 28.1. The molecule has 4 nitrogen and oxygen atoms in total. The number of aromatic nitrogens is 4. The molecule has 0 atom stereocenters. The third kappa shape index (κ3) is 4.19. The van der Waals surface area contributed by atoms with Gasteiger partial charge in [0.05, 0.1) is 11.0 Å². The number of thiophene rings is 2. The second-order valence-electron chi connectivity index (χ2n) is 13.5. The van der Waals surface area contributed by atoms with Crippen LogP contribution in [0.5, 0.6) is 0 Å². The van der Waals surface area contributed by atoms with Crippen LogP contribution in [0.1, 0.15) is 0 Å². The molecule has 0 unspecified atom stereocenters. The van der Waals surface area contributed by atoms with Gasteiger partial charge in [0.15, 0.2) is 11.6 Å². The maximum absolute atomic E-state index is 5.39. The highest BCUT2D eigenvalue weighted by atomic mass is 32.1. The van der Waals surface area contributed by atoms with Crippen molar-refractivity contribution in [2.45, 2.75) is 0 Å². The van der Waals surface area contributed by atoms with Crippen molar-refractivity contribution < 1.29 is 0 Å². The molecule has 0 aliphatic rings. The standard InChI is InChI=1S/C47H26N4S2/c1-2-13-28(14-3-1)45-48-46(29-23-25-39-35(26-29)31-16-7-10-20-37(31)52-39)50-47(49-45)51-36-19-9-6-17-32(36)40-34-24-22-27-12-4-5-15-30(27)41(34)44-42(43(40)51)33-18-8-11-21-38(33)53-44/h1-26H. The van der Waals surface area contributed by atoms with Crippen LogP contribution < -0.4 is 0 Å². The molecule has 12 aromatic rings. The zero-order valence-corrected chi connectivity index (χ0v) is 29.7. The molecule has 0 aliphatic heterocycles. The second kappa shape index (κ2) is 11.0. The molecule has 12 rings (SSSR count). The molecule has 0 spiro atoms. The molecule has 8 aromatic carbocycles. The lowest BCUT2D eigenvalue weighted by Gasteiger charge is -2.13. The maximum Gasteiger partial charge on any atom is 0.238 e. The Labute approximate surface area is 310 Å². The average Bonchev–Trinajstić information content (AvgIpc) is 3.90. The van der Waals surface area contributed by atoms with Crippen LogP contribution in [-0.4, -0.2) is 19.5 Å². The lowest BCUT2D eigenvalue weighted by molar-refractivity contribution is 0.955. The number of para-hydroxylation sites is 1. The summed E-state index contributed by atoms with van der Waals surface area (Å²) in [5.41, 5.74) is 4.10. The monoisotopic (exact) mass is 710 g/mol. The SMILES string of the molecule is c1ccc(-c2nc(-c3ccc4sc5ccccc5c4c3)nc(-n3c4ccccc4c4c5ccc6ccccc6c5c5sc6ccccc6c5c43)n2)cc1. The molecule has 0 amide bonds. The lowest BCUT2D eigenvalue weighted by atomic mass is 9.95. The van der Waals surface area contributed by atoms with Gasteiger partial charge in [0, 0.05) is 67.6 Å². The summed E-state index contributed by atoms with van der Waals surface area (Å²) in [7, 11) is 0. The van der Waals surface area contributed by atoms with Crippen molar-refractivity contribution in [3.8, 4) is 28.7 Å². The van der Waals surface area contributed by atoms with Gasteiger partial charge < -0.3 is 0 Å². The first kappa shape index (κ1) is 29.1. The van der Waals surface area contributed by atoms with Crippen molar-refractivity contribution >= 4 is 106 Å². The van der Waals surface area contributed by atoms with Crippen LogP contribution in [0.4, 0.5) is 0 Å². The van der Waals surface area contributed by atoms with Gasteiger partial charge in [-0.1, -0.05) is 121 Å². The third-order valence-corrected chi connectivity index (χ3v) is 13.0. The van der Waals surface area contributed by atoms with Crippen molar-refractivity contribution in [2.75, 3.05) is 0 Å². The molecule has 53 heavy (non-hydrogen) atoms. The van der Waals surface area contributed by atoms with Crippen molar-refractivity contribution in [3.63, 3.8) is 0 Å². The third-order valence-electron chi connectivity index (χ3n) is 10.6. The second-order valence-corrected chi connectivity index (χ2v) is 15.7. The van der Waals surface area contributed by atoms with E-state index in [1.54, 1.807) is 0 Å². The molecule has 0 N–H and O–H groups in total. The van der Waals surface area contributed by atoms with Gasteiger partial charge in [0.25, 0.3) is 0 Å². The summed E-state index contributed by atoms with van der Waals surface area (Å²) in [5.74, 6) is 1.90. The van der Waals surface area contributed by atoms with Crippen molar-refractivity contribution in [1.29, 1.82) is 0 Å². The quantitative estimate of drug-likeness (QED) is 0.171. The first-order chi connectivity index (χ1) is 26.3. The minimum absolute atomic E-state index is 0.604. The van der Waals surface area contributed by atoms with E-state index in [0.29, 0.717) is 17.6 Å². The van der Waals surface area contributed by atoms with Crippen LogP contribution in [0.2, 0.25) is 0 Å². The van der Waals surface area contributed by atoms with Crippen molar-refractivity contribution in [1.82, 2.24) is 19.5 Å². The fourth-order valence-electron chi connectivity index (χ4n) is 8.31. The number of hydrogen-bond acceptors (Lipinski definition) is 5. The Balaban J connectivity index is 1.25. The molecule has 0 bridgehead atoms. The largest absolute Gasteiger partial charge is 0.277 e. The molecule has 0 saturated heterocycles. The Morgan fingerprint density at radius 3 is 1.91 bits per heavy atom. The van der Waals surface area contributed by atoms with E-state index in [1.165, 1.54) is 72.7 Å². The van der Waals surface area contributed by atoms with Crippen LogP contribution in [0.25, 0.3) is 112 Å². The molecule has 4 aromatic heterocycles. The van der Waals surface area contributed by atoms with Crippen LogP contribution in [0.3, 0.4) is 0 Å². The normalized spacial score (nSPS) is 12.2. The Kier molecular flexibility index (Phi) is 6.06. The summed E-state index contributed by atoms with van der Waals surface area (Å²) >= 11 is 3.69. The highest BCUT2D eigenvalue weighted by Crippen LogP contribution is 2.49. The van der Waals surface area contributed by atoms with E-state index in [4.69, 9.17) is 15.0 Å². The number of hydrogen-bond donors (Lipinski definition) is 0. The molecule has 4 heterocycles. The molecule has 0 radical (unpaired) electrons. The van der Waals surface area contributed by atoms with E-state index >= 15 is 0 Å². The molecule has 0 fully saturated rings. The van der Waals surface area contributed by atoms with E-state index in [2.05, 4.69) is 144 Å². The van der Waals surface area contributed by atoms with Crippen LogP contribution >= 0.6 is 22.7 Å². The first-order valence-corrected chi connectivity index (χ1v) is 19.3. The summed E-state index contributed by atoms with van der Waals surface area (Å²) in [6, 6.07) is 56.4. The molecule has 0 aliphatic carbocycles. The highest BCUT2D eigenvalue weighted by molar-refractivity contribution is 7.27. The summed E-state index contributed by atoms with van der Waals surface area (Å²) in [6.45, 7) is 0. The number of rotatable bonds is 3. The van der Waals surface area contributed by atoms with Gasteiger partial charge in [-0.05, 0) is 52.6 Å². The van der Waals surface area contributed by atoms with Gasteiger partial charge in [-0.3, -0.25) is 4.57 Å². The van der Waals surface area contributed by atoms with Gasteiger partial charge in [0.1, 0.15) is 0 Å². The molecular formula is C47H26N4S2. The summed E-state index contributed by atoms with van der Waals surface area (Å²) in [6.07, 6.45) is 0. The van der Waals surface area contributed by atoms with E-state index in [0.717, 1.165) is 22.2 Å². The lowest BCUT2D eigenvalue weighted by Crippen LogP contribution is -2.06. The Morgan fingerprint density at radius 1 is 0.396 bits per heavy atom. The molecule has 246 valence electrons. The molecular weight excluding hydrogens is 685 g/mol. The fourth-order valence-corrected chi connectivity index (χ4v) is 10.7. The first-order valence-electron chi connectivity index (χ1n) is 17.7. The van der Waals surface area contributed by atoms with Crippen molar-refractivity contribution in [3.05, 3.63) is 158 Å².